The summed E-state index contributed by atoms with van der Waals surface area (Å²) < 4.78 is 13.6. The summed E-state index contributed by atoms with van der Waals surface area (Å²) in [5.41, 5.74) is 2.90. The molecule has 3 N–H and O–H groups in total. The molecule has 2 aromatic rings. The highest BCUT2D eigenvalue weighted by Gasteiger charge is 2.37. The van der Waals surface area contributed by atoms with E-state index < -0.39 is 17.9 Å². The maximum Gasteiger partial charge on any atom is 0.315 e. The summed E-state index contributed by atoms with van der Waals surface area (Å²) in [6.45, 7) is 0.217. The lowest BCUT2D eigenvalue weighted by molar-refractivity contribution is -0.123. The molecule has 0 saturated carbocycles. The van der Waals surface area contributed by atoms with Crippen molar-refractivity contribution in [1.82, 2.24) is 16.0 Å². The van der Waals surface area contributed by atoms with Crippen molar-refractivity contribution in [2.45, 2.75) is 24.4 Å². The molecule has 2 unspecified atom stereocenters. The molecule has 5 nitrogen and oxygen atoms in total. The van der Waals surface area contributed by atoms with Crippen molar-refractivity contribution in [3.8, 4) is 0 Å². The van der Waals surface area contributed by atoms with Crippen LogP contribution in [-0.4, -0.2) is 24.5 Å². The molecule has 0 radical (unpaired) electrons. The fraction of sp³-hybridized carbons (Fsp3) is 0.263. The third-order valence-electron chi connectivity index (χ3n) is 5.04. The molecule has 2 aliphatic rings. The molecule has 2 aromatic carbocycles. The molecule has 1 aliphatic carbocycles. The maximum absolute atomic E-state index is 13.6. The van der Waals surface area contributed by atoms with Crippen molar-refractivity contribution >= 4 is 35.1 Å². The zero-order chi connectivity index (χ0) is 19.1. The Balaban J connectivity index is 1.64. The molecule has 1 saturated heterocycles. The predicted molar refractivity (Wildman–Crippen MR) is 101 cm³/mol. The van der Waals surface area contributed by atoms with Gasteiger partial charge in [0.2, 0.25) is 5.91 Å². The summed E-state index contributed by atoms with van der Waals surface area (Å²) in [5, 5.41) is 8.73. The highest BCUT2D eigenvalue weighted by Crippen LogP contribution is 2.45. The van der Waals surface area contributed by atoms with E-state index in [1.54, 1.807) is 6.07 Å². The first-order valence-corrected chi connectivity index (χ1v) is 9.26. The van der Waals surface area contributed by atoms with Gasteiger partial charge in [0.25, 0.3) is 0 Å². The Bertz CT molecular complexity index is 937. The van der Waals surface area contributed by atoms with Crippen LogP contribution in [0.3, 0.4) is 0 Å². The highest BCUT2D eigenvalue weighted by molar-refractivity contribution is 6.31. The predicted octanol–water partition coefficient (Wildman–Crippen LogP) is 3.31. The zero-order valence-corrected chi connectivity index (χ0v) is 15.6. The molecule has 1 aliphatic heterocycles. The number of fused-ring (bicyclic) bond motifs is 1. The first kappa shape index (κ1) is 18.1. The molecule has 0 aromatic heterocycles. The summed E-state index contributed by atoms with van der Waals surface area (Å²) in [6, 6.07) is 8.65. The molecular formula is C19H16Cl2FN3O2. The van der Waals surface area contributed by atoms with Crippen LogP contribution in [0.2, 0.25) is 10.0 Å². The van der Waals surface area contributed by atoms with Crippen molar-refractivity contribution in [1.29, 1.82) is 0 Å². The Morgan fingerprint density at radius 3 is 2.74 bits per heavy atom. The van der Waals surface area contributed by atoms with Gasteiger partial charge in [0.1, 0.15) is 11.9 Å². The van der Waals surface area contributed by atoms with Crippen molar-refractivity contribution < 1.29 is 14.0 Å². The molecule has 1 fully saturated rings. The van der Waals surface area contributed by atoms with Crippen molar-refractivity contribution in [2.75, 3.05) is 6.54 Å². The number of rotatable bonds is 4. The average molecular weight is 408 g/mol. The van der Waals surface area contributed by atoms with E-state index in [0.717, 1.165) is 17.5 Å². The van der Waals surface area contributed by atoms with Crippen LogP contribution < -0.4 is 16.0 Å². The van der Waals surface area contributed by atoms with Crippen molar-refractivity contribution in [2.24, 2.45) is 0 Å². The van der Waals surface area contributed by atoms with E-state index in [0.29, 0.717) is 10.6 Å². The van der Waals surface area contributed by atoms with Crippen molar-refractivity contribution in [3.63, 3.8) is 0 Å². The Kier molecular flexibility index (Phi) is 4.70. The molecule has 3 atom stereocenters. The lowest BCUT2D eigenvalue weighted by atomic mass is 9.71. The number of hydrogen-bond donors (Lipinski definition) is 3. The number of hydrogen-bond acceptors (Lipinski definition) is 2. The lowest BCUT2D eigenvalue weighted by Gasteiger charge is -2.38. The van der Waals surface area contributed by atoms with Gasteiger partial charge in [-0.05, 0) is 47.4 Å². The lowest BCUT2D eigenvalue weighted by Crippen LogP contribution is -2.46. The SMILES string of the molecule is O=C1NC[C@@H](C(=O)NC(c2ccc(F)c(Cl)c2)C2Cc3ccc(Cl)cc32)N1. The highest BCUT2D eigenvalue weighted by atomic mass is 35.5. The average Bonchev–Trinajstić information content (AvgIpc) is 3.06. The fourth-order valence-corrected chi connectivity index (χ4v) is 3.97. The van der Waals surface area contributed by atoms with Crippen LogP contribution in [0.25, 0.3) is 0 Å². The number of halogens is 3. The summed E-state index contributed by atoms with van der Waals surface area (Å²) in [6.07, 6.45) is 0.752. The first-order chi connectivity index (χ1) is 12.9. The van der Waals surface area contributed by atoms with Crippen LogP contribution in [0.1, 0.15) is 28.7 Å². The van der Waals surface area contributed by atoms with E-state index in [4.69, 9.17) is 23.2 Å². The van der Waals surface area contributed by atoms with Crippen LogP contribution in [-0.2, 0) is 11.2 Å². The number of carbonyl (C=O) groups is 2. The summed E-state index contributed by atoms with van der Waals surface area (Å²) in [5.74, 6) is -0.849. The van der Waals surface area contributed by atoms with Crippen LogP contribution in [0.15, 0.2) is 36.4 Å². The Hall–Kier alpha value is -2.31. The van der Waals surface area contributed by atoms with Crippen LogP contribution in [0.4, 0.5) is 9.18 Å². The van der Waals surface area contributed by atoms with Gasteiger partial charge < -0.3 is 16.0 Å². The van der Waals surface area contributed by atoms with Gasteiger partial charge in [0, 0.05) is 17.5 Å². The quantitative estimate of drug-likeness (QED) is 0.727. The van der Waals surface area contributed by atoms with E-state index in [2.05, 4.69) is 16.0 Å². The smallest absolute Gasteiger partial charge is 0.315 e. The maximum atomic E-state index is 13.6. The number of nitrogens with one attached hydrogen (secondary N) is 3. The van der Waals surface area contributed by atoms with E-state index in [9.17, 15) is 14.0 Å². The summed E-state index contributed by atoms with van der Waals surface area (Å²) in [7, 11) is 0. The minimum absolute atomic E-state index is 0.00627. The normalized spacial score (nSPS) is 21.5. The number of urea groups is 1. The molecule has 3 amide bonds. The van der Waals surface area contributed by atoms with Crippen LogP contribution >= 0.6 is 23.2 Å². The number of carbonyl (C=O) groups excluding carboxylic acids is 2. The van der Waals surface area contributed by atoms with E-state index in [-0.39, 0.29) is 29.4 Å². The molecule has 27 heavy (non-hydrogen) atoms. The largest absolute Gasteiger partial charge is 0.347 e. The molecule has 0 spiro atoms. The Morgan fingerprint density at radius 2 is 2.04 bits per heavy atom. The van der Waals surface area contributed by atoms with Crippen molar-refractivity contribution in [3.05, 3.63) is 69.0 Å². The number of benzene rings is 2. The summed E-state index contributed by atoms with van der Waals surface area (Å²) in [4.78, 5) is 24.0. The molecule has 0 bridgehead atoms. The minimum Gasteiger partial charge on any atom is -0.347 e. The zero-order valence-electron chi connectivity index (χ0n) is 14.1. The van der Waals surface area contributed by atoms with Crippen LogP contribution in [0, 0.1) is 5.82 Å². The van der Waals surface area contributed by atoms with Gasteiger partial charge in [-0.15, -0.1) is 0 Å². The Labute approximate surface area is 165 Å². The Morgan fingerprint density at radius 1 is 1.22 bits per heavy atom. The van der Waals surface area contributed by atoms with Gasteiger partial charge in [-0.1, -0.05) is 35.3 Å². The van der Waals surface area contributed by atoms with Gasteiger partial charge in [-0.3, -0.25) is 4.79 Å². The molecular weight excluding hydrogens is 392 g/mol. The topological polar surface area (TPSA) is 70.2 Å². The molecule has 8 heteroatoms. The van der Waals surface area contributed by atoms with Gasteiger partial charge in [-0.2, -0.15) is 0 Å². The van der Waals surface area contributed by atoms with Crippen LogP contribution in [0.5, 0.6) is 0 Å². The third-order valence-corrected chi connectivity index (χ3v) is 5.56. The second-order valence-corrected chi connectivity index (χ2v) is 7.56. The fourth-order valence-electron chi connectivity index (χ4n) is 3.60. The number of amides is 3. The molecule has 1 heterocycles. The second kappa shape index (κ2) is 7.02. The van der Waals surface area contributed by atoms with E-state index in [1.807, 2.05) is 18.2 Å². The monoisotopic (exact) mass is 407 g/mol. The third kappa shape index (κ3) is 3.47. The van der Waals surface area contributed by atoms with E-state index >= 15 is 0 Å². The standard InChI is InChI=1S/C19H16Cl2FN3O2/c20-11-3-1-9-5-13(12(9)7-11)17(10-2-4-15(22)14(21)6-10)25-18(26)16-8-23-19(27)24-16/h1-4,6-7,13,16-17H,5,8H2,(H,25,26)(H2,23,24,27)/t13?,16-,17?/m0/s1. The summed E-state index contributed by atoms with van der Waals surface area (Å²) >= 11 is 12.1. The minimum atomic E-state index is -0.658. The second-order valence-electron chi connectivity index (χ2n) is 6.72. The van der Waals surface area contributed by atoms with Gasteiger partial charge in [0.15, 0.2) is 0 Å². The van der Waals surface area contributed by atoms with Gasteiger partial charge in [-0.25, -0.2) is 9.18 Å². The first-order valence-electron chi connectivity index (χ1n) is 8.50. The van der Waals surface area contributed by atoms with E-state index in [1.165, 1.54) is 12.1 Å². The van der Waals surface area contributed by atoms with Gasteiger partial charge in [0.05, 0.1) is 11.1 Å². The molecule has 4 rings (SSSR count). The van der Waals surface area contributed by atoms with Gasteiger partial charge >= 0.3 is 6.03 Å². The molecule has 140 valence electrons.